The maximum Gasteiger partial charge on any atom is 0.211 e. The van der Waals surface area contributed by atoms with Crippen molar-refractivity contribution in [3.05, 3.63) is 0 Å². The first-order valence-corrected chi connectivity index (χ1v) is 6.96. The lowest BCUT2D eigenvalue weighted by Gasteiger charge is -2.44. The fourth-order valence-corrected chi connectivity index (χ4v) is 3.05. The molecule has 2 rings (SSSR count). The van der Waals surface area contributed by atoms with Crippen molar-refractivity contribution in [2.75, 3.05) is 19.3 Å². The van der Waals surface area contributed by atoms with E-state index in [1.807, 2.05) is 0 Å². The van der Waals surface area contributed by atoms with Crippen LogP contribution in [0.4, 0.5) is 0 Å². The number of rotatable bonds is 3. The Kier molecular flexibility index (Phi) is 2.57. The molecule has 0 radical (unpaired) electrons. The van der Waals surface area contributed by atoms with Crippen molar-refractivity contribution in [2.24, 2.45) is 11.8 Å². The van der Waals surface area contributed by atoms with Crippen LogP contribution in [0.15, 0.2) is 0 Å². The second kappa shape index (κ2) is 3.47. The van der Waals surface area contributed by atoms with E-state index in [4.69, 9.17) is 0 Å². The molecule has 1 atom stereocenters. The van der Waals surface area contributed by atoms with Crippen LogP contribution in [0.2, 0.25) is 0 Å². The highest BCUT2D eigenvalue weighted by Crippen LogP contribution is 2.36. The molecule has 0 aromatic rings. The van der Waals surface area contributed by atoms with Crippen LogP contribution in [-0.2, 0) is 10.0 Å². The molecule has 1 saturated heterocycles. The molecule has 1 heterocycles. The number of sulfonamides is 1. The van der Waals surface area contributed by atoms with Gasteiger partial charge in [0.05, 0.1) is 12.4 Å². The Hall–Kier alpha value is -0.130. The molecule has 1 aliphatic heterocycles. The van der Waals surface area contributed by atoms with Gasteiger partial charge in [-0.3, -0.25) is 0 Å². The van der Waals surface area contributed by atoms with Gasteiger partial charge in [0.25, 0.3) is 0 Å². The van der Waals surface area contributed by atoms with Gasteiger partial charge in [0.1, 0.15) is 0 Å². The number of aliphatic hydroxyl groups is 1. The average Bonchev–Trinajstić information content (AvgIpc) is 1.73. The van der Waals surface area contributed by atoms with Gasteiger partial charge in [-0.1, -0.05) is 6.42 Å². The summed E-state index contributed by atoms with van der Waals surface area (Å²) in [5.74, 6) is 0.608. The summed E-state index contributed by atoms with van der Waals surface area (Å²) in [5.41, 5.74) is 0. The summed E-state index contributed by atoms with van der Waals surface area (Å²) < 4.78 is 23.6. The van der Waals surface area contributed by atoms with Crippen LogP contribution in [-0.4, -0.2) is 43.3 Å². The second-order valence-corrected chi connectivity index (χ2v) is 6.50. The molecule has 1 saturated carbocycles. The highest BCUT2D eigenvalue weighted by molar-refractivity contribution is 7.88. The fraction of sp³-hybridized carbons (Fsp3) is 1.00. The van der Waals surface area contributed by atoms with E-state index in [1.54, 1.807) is 0 Å². The molecule has 5 heteroatoms. The van der Waals surface area contributed by atoms with Gasteiger partial charge < -0.3 is 5.11 Å². The normalized spacial score (nSPS) is 28.1. The topological polar surface area (TPSA) is 57.6 Å². The first-order chi connectivity index (χ1) is 6.48. The monoisotopic (exact) mass is 219 g/mol. The molecule has 0 amide bonds. The molecule has 0 aromatic heterocycles. The predicted molar refractivity (Wildman–Crippen MR) is 53.3 cm³/mol. The van der Waals surface area contributed by atoms with Crippen LogP contribution >= 0.6 is 0 Å². The van der Waals surface area contributed by atoms with E-state index < -0.39 is 10.0 Å². The molecule has 0 bridgehead atoms. The quantitative estimate of drug-likeness (QED) is 0.729. The summed E-state index contributed by atoms with van der Waals surface area (Å²) >= 11 is 0. The van der Waals surface area contributed by atoms with Crippen LogP contribution in [0.5, 0.6) is 0 Å². The standard InChI is InChI=1S/C9H17NO3S/c1-14(12,13)10-5-8(6-10)9(11)7-3-2-4-7/h7-9,11H,2-6H2,1H3. The van der Waals surface area contributed by atoms with Crippen molar-refractivity contribution in [2.45, 2.75) is 25.4 Å². The average molecular weight is 219 g/mol. The van der Waals surface area contributed by atoms with Crippen LogP contribution in [0, 0.1) is 11.8 Å². The molecule has 1 unspecified atom stereocenters. The number of hydrogen-bond acceptors (Lipinski definition) is 3. The summed E-state index contributed by atoms with van der Waals surface area (Å²) in [6.45, 7) is 1.02. The molecule has 0 spiro atoms. The molecule has 2 aliphatic rings. The first kappa shape index (κ1) is 10.4. The van der Waals surface area contributed by atoms with E-state index in [0.29, 0.717) is 19.0 Å². The highest BCUT2D eigenvalue weighted by atomic mass is 32.2. The van der Waals surface area contributed by atoms with Crippen molar-refractivity contribution in [1.82, 2.24) is 4.31 Å². The smallest absolute Gasteiger partial charge is 0.211 e. The van der Waals surface area contributed by atoms with Crippen molar-refractivity contribution in [1.29, 1.82) is 0 Å². The van der Waals surface area contributed by atoms with Crippen LogP contribution in [0.1, 0.15) is 19.3 Å². The van der Waals surface area contributed by atoms with Gasteiger partial charge in [0, 0.05) is 19.0 Å². The zero-order valence-corrected chi connectivity index (χ0v) is 9.20. The second-order valence-electron chi connectivity index (χ2n) is 4.52. The molecule has 0 aromatic carbocycles. The first-order valence-electron chi connectivity index (χ1n) is 5.11. The van der Waals surface area contributed by atoms with Crippen LogP contribution < -0.4 is 0 Å². The number of hydrogen-bond donors (Lipinski definition) is 1. The van der Waals surface area contributed by atoms with E-state index in [0.717, 1.165) is 12.8 Å². The van der Waals surface area contributed by atoms with Gasteiger partial charge in [-0.25, -0.2) is 12.7 Å². The zero-order chi connectivity index (χ0) is 10.3. The molecule has 14 heavy (non-hydrogen) atoms. The SMILES string of the molecule is CS(=O)(=O)N1CC(C(O)C2CCC2)C1. The van der Waals surface area contributed by atoms with Gasteiger partial charge in [0.2, 0.25) is 10.0 Å². The third-order valence-electron chi connectivity index (χ3n) is 3.46. The molecule has 4 nitrogen and oxygen atoms in total. The summed E-state index contributed by atoms with van der Waals surface area (Å²) in [6, 6.07) is 0. The Bertz CT molecular complexity index is 304. The molecule has 2 fully saturated rings. The van der Waals surface area contributed by atoms with Crippen molar-refractivity contribution < 1.29 is 13.5 Å². The van der Waals surface area contributed by atoms with Crippen molar-refractivity contribution in [3.8, 4) is 0 Å². The minimum absolute atomic E-state index is 0.176. The predicted octanol–water partition coefficient (Wildman–Crippen LogP) is 0.0388. The Morgan fingerprint density at radius 1 is 1.29 bits per heavy atom. The fourth-order valence-electron chi connectivity index (χ4n) is 2.12. The Morgan fingerprint density at radius 2 is 1.86 bits per heavy atom. The van der Waals surface area contributed by atoms with E-state index >= 15 is 0 Å². The minimum Gasteiger partial charge on any atom is -0.392 e. The lowest BCUT2D eigenvalue weighted by molar-refractivity contribution is -0.0273. The summed E-state index contributed by atoms with van der Waals surface area (Å²) in [7, 11) is -3.02. The van der Waals surface area contributed by atoms with Gasteiger partial charge >= 0.3 is 0 Å². The Morgan fingerprint density at radius 3 is 2.21 bits per heavy atom. The van der Waals surface area contributed by atoms with Crippen LogP contribution in [0.3, 0.4) is 0 Å². The summed E-state index contributed by atoms with van der Waals surface area (Å²) in [6.07, 6.45) is 4.37. The Balaban J connectivity index is 1.82. The largest absolute Gasteiger partial charge is 0.392 e. The summed E-state index contributed by atoms with van der Waals surface area (Å²) in [4.78, 5) is 0. The van der Waals surface area contributed by atoms with Gasteiger partial charge in [-0.2, -0.15) is 0 Å². The Labute approximate surface area is 85.0 Å². The molecule has 1 N–H and O–H groups in total. The maximum absolute atomic E-state index is 11.1. The number of nitrogens with zero attached hydrogens (tertiary/aromatic N) is 1. The van der Waals surface area contributed by atoms with Crippen molar-refractivity contribution >= 4 is 10.0 Å². The van der Waals surface area contributed by atoms with E-state index in [-0.39, 0.29) is 12.0 Å². The molecule has 1 aliphatic carbocycles. The third kappa shape index (κ3) is 1.81. The van der Waals surface area contributed by atoms with E-state index in [9.17, 15) is 13.5 Å². The van der Waals surface area contributed by atoms with E-state index in [2.05, 4.69) is 0 Å². The van der Waals surface area contributed by atoms with Gasteiger partial charge in [-0.15, -0.1) is 0 Å². The maximum atomic E-state index is 11.1. The number of aliphatic hydroxyl groups excluding tert-OH is 1. The lowest BCUT2D eigenvalue weighted by Crippen LogP contribution is -2.55. The minimum atomic E-state index is -3.02. The molecule has 82 valence electrons. The third-order valence-corrected chi connectivity index (χ3v) is 4.70. The lowest BCUT2D eigenvalue weighted by atomic mass is 9.75. The highest BCUT2D eigenvalue weighted by Gasteiger charge is 2.41. The summed E-state index contributed by atoms with van der Waals surface area (Å²) in [5, 5.41) is 9.85. The zero-order valence-electron chi connectivity index (χ0n) is 8.39. The van der Waals surface area contributed by atoms with Crippen LogP contribution in [0.25, 0.3) is 0 Å². The van der Waals surface area contributed by atoms with E-state index in [1.165, 1.54) is 17.0 Å². The molecular weight excluding hydrogens is 202 g/mol. The molecular formula is C9H17NO3S. The van der Waals surface area contributed by atoms with Gasteiger partial charge in [0.15, 0.2) is 0 Å². The van der Waals surface area contributed by atoms with Crippen molar-refractivity contribution in [3.63, 3.8) is 0 Å². The van der Waals surface area contributed by atoms with Gasteiger partial charge in [-0.05, 0) is 18.8 Å².